The van der Waals surface area contributed by atoms with Crippen molar-refractivity contribution in [2.75, 3.05) is 20.3 Å². The zero-order chi connectivity index (χ0) is 22.1. The van der Waals surface area contributed by atoms with Crippen LogP contribution in [0.5, 0.6) is 11.5 Å². The van der Waals surface area contributed by atoms with Crippen LogP contribution < -0.4 is 14.8 Å². The molecule has 0 aliphatic heterocycles. The van der Waals surface area contributed by atoms with Gasteiger partial charge in [0.25, 0.3) is 5.91 Å². The van der Waals surface area contributed by atoms with Gasteiger partial charge in [-0.05, 0) is 53.9 Å². The lowest BCUT2D eigenvalue weighted by atomic mass is 10.1. The predicted octanol–water partition coefficient (Wildman–Crippen LogP) is 2.77. The molecule has 162 valence electrons. The van der Waals surface area contributed by atoms with Crippen LogP contribution in [0.1, 0.15) is 27.9 Å². The Morgan fingerprint density at radius 3 is 2.65 bits per heavy atom. The first-order valence-corrected chi connectivity index (χ1v) is 9.91. The molecule has 3 aromatic rings. The smallest absolute Gasteiger partial charge is 0.303 e. The number of carbonyl (C=O) groups is 2. The van der Waals surface area contributed by atoms with Crippen LogP contribution >= 0.6 is 0 Å². The number of rotatable bonds is 11. The SMILES string of the molecule is COc1ccc(C(=O)NCCOc2cc(Cn3cccn3)ccc2CCC(=O)O)cc1. The number of ether oxygens (including phenoxy) is 2. The number of benzene rings is 2. The molecule has 1 amide bonds. The third kappa shape index (κ3) is 6.60. The molecule has 0 spiro atoms. The van der Waals surface area contributed by atoms with E-state index in [4.69, 9.17) is 14.6 Å². The maximum Gasteiger partial charge on any atom is 0.303 e. The number of amides is 1. The minimum atomic E-state index is -0.863. The van der Waals surface area contributed by atoms with E-state index in [1.807, 2.05) is 30.5 Å². The van der Waals surface area contributed by atoms with Gasteiger partial charge in [-0.15, -0.1) is 0 Å². The van der Waals surface area contributed by atoms with Gasteiger partial charge in [-0.1, -0.05) is 12.1 Å². The molecular formula is C23H25N3O5. The normalized spacial score (nSPS) is 10.5. The number of nitrogens with one attached hydrogen (secondary N) is 1. The number of carboxylic acid groups (broad SMARTS) is 1. The second kappa shape index (κ2) is 10.8. The molecule has 2 aromatic carbocycles. The summed E-state index contributed by atoms with van der Waals surface area (Å²) in [6.45, 7) is 1.15. The Kier molecular flexibility index (Phi) is 7.64. The molecule has 0 atom stereocenters. The average molecular weight is 423 g/mol. The molecule has 8 heteroatoms. The third-order valence-corrected chi connectivity index (χ3v) is 4.64. The molecule has 0 aliphatic carbocycles. The lowest BCUT2D eigenvalue weighted by molar-refractivity contribution is -0.136. The number of hydrogen-bond donors (Lipinski definition) is 2. The summed E-state index contributed by atoms with van der Waals surface area (Å²) in [5.74, 6) is 0.233. The Labute approximate surface area is 180 Å². The summed E-state index contributed by atoms with van der Waals surface area (Å²) in [5, 5.41) is 16.0. The topological polar surface area (TPSA) is 103 Å². The van der Waals surface area contributed by atoms with Crippen LogP contribution in [0.15, 0.2) is 60.9 Å². The zero-order valence-corrected chi connectivity index (χ0v) is 17.3. The van der Waals surface area contributed by atoms with Crippen molar-refractivity contribution in [3.05, 3.63) is 77.6 Å². The van der Waals surface area contributed by atoms with Crippen LogP contribution in [0.2, 0.25) is 0 Å². The molecule has 1 heterocycles. The zero-order valence-electron chi connectivity index (χ0n) is 17.3. The van der Waals surface area contributed by atoms with E-state index in [0.29, 0.717) is 36.6 Å². The van der Waals surface area contributed by atoms with E-state index < -0.39 is 5.97 Å². The molecular weight excluding hydrogens is 398 g/mol. The van der Waals surface area contributed by atoms with Crippen LogP contribution in [0, 0.1) is 0 Å². The number of carbonyl (C=O) groups excluding carboxylic acids is 1. The number of nitrogens with zero attached hydrogens (tertiary/aromatic N) is 2. The summed E-state index contributed by atoms with van der Waals surface area (Å²) in [7, 11) is 1.57. The van der Waals surface area contributed by atoms with E-state index in [1.165, 1.54) is 0 Å². The highest BCUT2D eigenvalue weighted by Crippen LogP contribution is 2.23. The van der Waals surface area contributed by atoms with Crippen LogP contribution in [0.4, 0.5) is 0 Å². The van der Waals surface area contributed by atoms with Crippen molar-refractivity contribution in [2.24, 2.45) is 0 Å². The third-order valence-electron chi connectivity index (χ3n) is 4.64. The highest BCUT2D eigenvalue weighted by atomic mass is 16.5. The second-order valence-corrected chi connectivity index (χ2v) is 6.87. The number of aryl methyl sites for hydroxylation is 1. The summed E-state index contributed by atoms with van der Waals surface area (Å²) in [6.07, 6.45) is 3.96. The molecule has 0 saturated carbocycles. The number of carboxylic acids is 1. The molecule has 0 saturated heterocycles. The quantitative estimate of drug-likeness (QED) is 0.460. The first kappa shape index (κ1) is 21.9. The lowest BCUT2D eigenvalue weighted by Crippen LogP contribution is -2.28. The molecule has 0 bridgehead atoms. The van der Waals surface area contributed by atoms with Gasteiger partial charge in [-0.25, -0.2) is 0 Å². The largest absolute Gasteiger partial charge is 0.497 e. The molecule has 0 unspecified atom stereocenters. The van der Waals surface area contributed by atoms with Gasteiger partial charge >= 0.3 is 5.97 Å². The summed E-state index contributed by atoms with van der Waals surface area (Å²) in [6, 6.07) is 14.4. The molecule has 8 nitrogen and oxygen atoms in total. The van der Waals surface area contributed by atoms with Gasteiger partial charge in [0.15, 0.2) is 0 Å². The van der Waals surface area contributed by atoms with Gasteiger partial charge in [-0.3, -0.25) is 14.3 Å². The Hall–Kier alpha value is -3.81. The lowest BCUT2D eigenvalue weighted by Gasteiger charge is -2.14. The standard InChI is InChI=1S/C23H25N3O5/c1-30-20-8-5-19(6-9-20)23(29)24-12-14-31-21-15-17(16-26-13-2-11-25-26)3-4-18(21)7-10-22(27)28/h2-6,8-9,11,13,15H,7,10,12,14,16H2,1H3,(H,24,29)(H,27,28). The van der Waals surface area contributed by atoms with Crippen molar-refractivity contribution in [1.29, 1.82) is 0 Å². The van der Waals surface area contributed by atoms with Gasteiger partial charge in [0.2, 0.25) is 0 Å². The molecule has 0 aliphatic rings. The van der Waals surface area contributed by atoms with Crippen LogP contribution in [-0.4, -0.2) is 47.0 Å². The summed E-state index contributed by atoms with van der Waals surface area (Å²) >= 11 is 0. The van der Waals surface area contributed by atoms with Crippen molar-refractivity contribution in [3.63, 3.8) is 0 Å². The Morgan fingerprint density at radius 2 is 1.97 bits per heavy atom. The van der Waals surface area contributed by atoms with Crippen molar-refractivity contribution in [1.82, 2.24) is 15.1 Å². The Balaban J connectivity index is 1.59. The predicted molar refractivity (Wildman–Crippen MR) is 115 cm³/mol. The fourth-order valence-corrected chi connectivity index (χ4v) is 3.03. The van der Waals surface area contributed by atoms with Gasteiger partial charge in [0.1, 0.15) is 18.1 Å². The second-order valence-electron chi connectivity index (χ2n) is 6.87. The molecule has 1 aromatic heterocycles. The molecule has 0 fully saturated rings. The van der Waals surface area contributed by atoms with Gasteiger partial charge in [-0.2, -0.15) is 5.10 Å². The van der Waals surface area contributed by atoms with Crippen molar-refractivity contribution >= 4 is 11.9 Å². The maximum absolute atomic E-state index is 12.2. The van der Waals surface area contributed by atoms with E-state index in [0.717, 1.165) is 11.1 Å². The maximum atomic E-state index is 12.2. The van der Waals surface area contributed by atoms with Crippen LogP contribution in [0.3, 0.4) is 0 Å². The Bertz CT molecular complexity index is 1000. The van der Waals surface area contributed by atoms with Crippen molar-refractivity contribution in [2.45, 2.75) is 19.4 Å². The molecule has 3 rings (SSSR count). The Morgan fingerprint density at radius 1 is 1.16 bits per heavy atom. The fourth-order valence-electron chi connectivity index (χ4n) is 3.03. The molecule has 2 N–H and O–H groups in total. The number of aliphatic carboxylic acids is 1. The van der Waals surface area contributed by atoms with Gasteiger partial charge < -0.3 is 19.9 Å². The van der Waals surface area contributed by atoms with E-state index >= 15 is 0 Å². The van der Waals surface area contributed by atoms with E-state index in [1.54, 1.807) is 42.3 Å². The van der Waals surface area contributed by atoms with Crippen molar-refractivity contribution in [3.8, 4) is 11.5 Å². The highest BCUT2D eigenvalue weighted by Gasteiger charge is 2.10. The summed E-state index contributed by atoms with van der Waals surface area (Å²) in [4.78, 5) is 23.2. The van der Waals surface area contributed by atoms with Crippen molar-refractivity contribution < 1.29 is 24.2 Å². The first-order chi connectivity index (χ1) is 15.0. The first-order valence-electron chi connectivity index (χ1n) is 9.91. The molecule has 31 heavy (non-hydrogen) atoms. The van der Waals surface area contributed by atoms with Gasteiger partial charge in [0, 0.05) is 24.4 Å². The highest BCUT2D eigenvalue weighted by molar-refractivity contribution is 5.94. The summed E-state index contributed by atoms with van der Waals surface area (Å²) < 4.78 is 12.8. The number of aromatic nitrogens is 2. The monoisotopic (exact) mass is 423 g/mol. The van der Waals surface area contributed by atoms with Gasteiger partial charge in [0.05, 0.1) is 20.2 Å². The van der Waals surface area contributed by atoms with Crippen LogP contribution in [-0.2, 0) is 17.8 Å². The minimum Gasteiger partial charge on any atom is -0.497 e. The van der Waals surface area contributed by atoms with E-state index in [9.17, 15) is 9.59 Å². The summed E-state index contributed by atoms with van der Waals surface area (Å²) in [5.41, 5.74) is 2.33. The van der Waals surface area contributed by atoms with Crippen LogP contribution in [0.25, 0.3) is 0 Å². The fraction of sp³-hybridized carbons (Fsp3) is 0.261. The number of methoxy groups -OCH3 is 1. The van der Waals surface area contributed by atoms with E-state index in [2.05, 4.69) is 10.4 Å². The van der Waals surface area contributed by atoms with E-state index in [-0.39, 0.29) is 18.9 Å². The average Bonchev–Trinajstić information content (AvgIpc) is 3.29. The molecule has 0 radical (unpaired) electrons. The number of hydrogen-bond acceptors (Lipinski definition) is 5. The minimum absolute atomic E-state index is 0.0169.